The largest absolute Gasteiger partial charge is 0.503 e. The number of nitrogens with two attached hydrogens (primary N) is 1. The number of aromatic hydroxyl groups is 1. The van der Waals surface area contributed by atoms with Gasteiger partial charge in [0.05, 0.1) is 11.1 Å². The molecule has 1 fully saturated rings. The van der Waals surface area contributed by atoms with Crippen molar-refractivity contribution in [3.8, 4) is 11.5 Å². The van der Waals surface area contributed by atoms with Crippen molar-refractivity contribution in [1.82, 2.24) is 0 Å². The van der Waals surface area contributed by atoms with E-state index in [1.807, 2.05) is 19.1 Å². The van der Waals surface area contributed by atoms with Gasteiger partial charge in [-0.15, -0.1) is 12.4 Å². The lowest BCUT2D eigenvalue weighted by Gasteiger charge is -2.31. The third-order valence-corrected chi connectivity index (χ3v) is 4.00. The number of halogens is 2. The summed E-state index contributed by atoms with van der Waals surface area (Å²) in [5.74, 6) is 1.23. The van der Waals surface area contributed by atoms with Gasteiger partial charge in [0.1, 0.15) is 0 Å². The highest BCUT2D eigenvalue weighted by Gasteiger charge is 2.26. The predicted molar refractivity (Wildman–Crippen MR) is 78.5 cm³/mol. The highest BCUT2D eigenvalue weighted by Crippen LogP contribution is 2.41. The Morgan fingerprint density at radius 3 is 2.67 bits per heavy atom. The molecule has 1 aromatic carbocycles. The van der Waals surface area contributed by atoms with Gasteiger partial charge < -0.3 is 15.6 Å². The lowest BCUT2D eigenvalue weighted by Crippen LogP contribution is -2.26. The Morgan fingerprint density at radius 2 is 2.17 bits per heavy atom. The second-order valence-electron chi connectivity index (χ2n) is 4.50. The molecule has 0 spiro atoms. The molecule has 1 aliphatic carbocycles. The normalized spacial score (nSPS) is 16.6. The van der Waals surface area contributed by atoms with Gasteiger partial charge in [0, 0.05) is 6.04 Å². The Kier molecular flexibility index (Phi) is 5.76. The van der Waals surface area contributed by atoms with Crippen LogP contribution in [0, 0.1) is 5.92 Å². The molecule has 0 unspecified atom stereocenters. The number of rotatable bonds is 4. The first-order valence-electron chi connectivity index (χ1n) is 6.04. The Labute approximate surface area is 122 Å². The summed E-state index contributed by atoms with van der Waals surface area (Å²) >= 11 is 3.34. The monoisotopic (exact) mass is 335 g/mol. The summed E-state index contributed by atoms with van der Waals surface area (Å²) in [6.07, 6.45) is 3.67. The van der Waals surface area contributed by atoms with Gasteiger partial charge in [-0.25, -0.2) is 0 Å². The molecule has 3 nitrogen and oxygen atoms in total. The van der Waals surface area contributed by atoms with Crippen LogP contribution in [0.25, 0.3) is 0 Å². The zero-order valence-corrected chi connectivity index (χ0v) is 12.8. The van der Waals surface area contributed by atoms with Crippen LogP contribution in [0.15, 0.2) is 16.6 Å². The summed E-state index contributed by atoms with van der Waals surface area (Å²) in [6, 6.07) is 3.79. The lowest BCUT2D eigenvalue weighted by molar-refractivity contribution is 0.263. The molecule has 0 heterocycles. The molecule has 0 aromatic heterocycles. The molecule has 1 atom stereocenters. The number of hydrogen-bond donors (Lipinski definition) is 2. The molecule has 18 heavy (non-hydrogen) atoms. The van der Waals surface area contributed by atoms with E-state index in [0.29, 0.717) is 22.7 Å². The minimum atomic E-state index is 0. The molecule has 0 aliphatic heterocycles. The molecule has 1 aromatic rings. The standard InChI is InChI=1S/C13H18BrNO2.ClH/c1-2-17-11-7-9(6-10(14)13(11)16)12(15)8-4-3-5-8;/h6-8,12,16H,2-5,15H2,1H3;1H/t12-;/m1./s1. The summed E-state index contributed by atoms with van der Waals surface area (Å²) in [5, 5.41) is 9.83. The van der Waals surface area contributed by atoms with E-state index in [2.05, 4.69) is 15.9 Å². The fourth-order valence-corrected chi connectivity index (χ4v) is 2.58. The van der Waals surface area contributed by atoms with Crippen LogP contribution >= 0.6 is 28.3 Å². The quantitative estimate of drug-likeness (QED) is 0.880. The van der Waals surface area contributed by atoms with E-state index in [4.69, 9.17) is 10.5 Å². The van der Waals surface area contributed by atoms with E-state index in [1.165, 1.54) is 19.3 Å². The van der Waals surface area contributed by atoms with Gasteiger partial charge in [-0.1, -0.05) is 6.42 Å². The SMILES string of the molecule is CCOc1cc([C@H](N)C2CCC2)cc(Br)c1O.Cl. The minimum absolute atomic E-state index is 0. The van der Waals surface area contributed by atoms with Gasteiger partial charge in [0.2, 0.25) is 0 Å². The maximum atomic E-state index is 9.83. The molecular weight excluding hydrogens is 318 g/mol. The molecule has 0 radical (unpaired) electrons. The van der Waals surface area contributed by atoms with Crippen molar-refractivity contribution < 1.29 is 9.84 Å². The molecule has 1 saturated carbocycles. The number of ether oxygens (including phenoxy) is 1. The van der Waals surface area contributed by atoms with E-state index in [9.17, 15) is 5.11 Å². The van der Waals surface area contributed by atoms with E-state index >= 15 is 0 Å². The first kappa shape index (κ1) is 15.6. The topological polar surface area (TPSA) is 55.5 Å². The average molecular weight is 337 g/mol. The summed E-state index contributed by atoms with van der Waals surface area (Å²) in [7, 11) is 0. The molecule has 1 aliphatic rings. The van der Waals surface area contributed by atoms with Crippen molar-refractivity contribution in [2.45, 2.75) is 32.2 Å². The summed E-state index contributed by atoms with van der Waals surface area (Å²) in [4.78, 5) is 0. The average Bonchev–Trinajstić information content (AvgIpc) is 2.22. The Bertz CT molecular complexity index is 410. The van der Waals surface area contributed by atoms with E-state index in [0.717, 1.165) is 5.56 Å². The molecule has 0 amide bonds. The fraction of sp³-hybridized carbons (Fsp3) is 0.538. The van der Waals surface area contributed by atoms with Crippen molar-refractivity contribution in [1.29, 1.82) is 0 Å². The number of hydrogen-bond acceptors (Lipinski definition) is 3. The van der Waals surface area contributed by atoms with Gasteiger partial charge in [-0.3, -0.25) is 0 Å². The van der Waals surface area contributed by atoms with Gasteiger partial charge in [-0.2, -0.15) is 0 Å². The summed E-state index contributed by atoms with van der Waals surface area (Å²) in [5.41, 5.74) is 7.26. The Balaban J connectivity index is 0.00000162. The number of phenolic OH excluding ortho intramolecular Hbond substituents is 1. The molecular formula is C13H19BrClNO2. The van der Waals surface area contributed by atoms with E-state index in [1.54, 1.807) is 0 Å². The predicted octanol–water partition coefficient (Wildman–Crippen LogP) is 3.78. The first-order valence-corrected chi connectivity index (χ1v) is 6.83. The van der Waals surface area contributed by atoms with Crippen molar-refractivity contribution in [2.75, 3.05) is 6.61 Å². The molecule has 0 bridgehead atoms. The van der Waals surface area contributed by atoms with Crippen LogP contribution in [0.2, 0.25) is 0 Å². The molecule has 5 heteroatoms. The number of phenols is 1. The van der Waals surface area contributed by atoms with Crippen LogP contribution in [0.3, 0.4) is 0 Å². The smallest absolute Gasteiger partial charge is 0.172 e. The van der Waals surface area contributed by atoms with Crippen molar-refractivity contribution in [3.63, 3.8) is 0 Å². The molecule has 3 N–H and O–H groups in total. The van der Waals surface area contributed by atoms with Gasteiger partial charge in [0.15, 0.2) is 11.5 Å². The highest BCUT2D eigenvalue weighted by molar-refractivity contribution is 9.10. The third kappa shape index (κ3) is 3.11. The Hall–Kier alpha value is -0.450. The molecule has 2 rings (SSSR count). The van der Waals surface area contributed by atoms with Crippen LogP contribution in [0.4, 0.5) is 0 Å². The van der Waals surface area contributed by atoms with Crippen molar-refractivity contribution >= 4 is 28.3 Å². The zero-order chi connectivity index (χ0) is 12.4. The van der Waals surface area contributed by atoms with E-state index < -0.39 is 0 Å². The zero-order valence-electron chi connectivity index (χ0n) is 10.4. The Morgan fingerprint density at radius 1 is 1.50 bits per heavy atom. The maximum Gasteiger partial charge on any atom is 0.172 e. The van der Waals surface area contributed by atoms with Crippen molar-refractivity contribution in [2.24, 2.45) is 11.7 Å². The second-order valence-corrected chi connectivity index (χ2v) is 5.35. The maximum absolute atomic E-state index is 9.83. The van der Waals surface area contributed by atoms with Crippen LogP contribution < -0.4 is 10.5 Å². The number of benzene rings is 1. The van der Waals surface area contributed by atoms with Crippen LogP contribution in [0.5, 0.6) is 11.5 Å². The minimum Gasteiger partial charge on any atom is -0.503 e. The van der Waals surface area contributed by atoms with Crippen LogP contribution in [0.1, 0.15) is 37.8 Å². The van der Waals surface area contributed by atoms with E-state index in [-0.39, 0.29) is 24.2 Å². The summed E-state index contributed by atoms with van der Waals surface area (Å²) < 4.78 is 6.05. The van der Waals surface area contributed by atoms with Crippen LogP contribution in [-0.4, -0.2) is 11.7 Å². The van der Waals surface area contributed by atoms with Gasteiger partial charge >= 0.3 is 0 Å². The molecule has 0 saturated heterocycles. The second kappa shape index (κ2) is 6.64. The third-order valence-electron chi connectivity index (χ3n) is 3.39. The van der Waals surface area contributed by atoms with Crippen LogP contribution in [-0.2, 0) is 0 Å². The van der Waals surface area contributed by atoms with Gasteiger partial charge in [-0.05, 0) is 59.3 Å². The summed E-state index contributed by atoms with van der Waals surface area (Å²) in [6.45, 7) is 2.42. The lowest BCUT2D eigenvalue weighted by atomic mass is 9.77. The first-order chi connectivity index (χ1) is 8.13. The molecule has 102 valence electrons. The highest BCUT2D eigenvalue weighted by atomic mass is 79.9. The van der Waals surface area contributed by atoms with Crippen molar-refractivity contribution in [3.05, 3.63) is 22.2 Å². The van der Waals surface area contributed by atoms with Gasteiger partial charge in [0.25, 0.3) is 0 Å². The fourth-order valence-electron chi connectivity index (χ4n) is 2.12.